The van der Waals surface area contributed by atoms with Gasteiger partial charge in [0.25, 0.3) is 0 Å². The molecule has 1 N–H and O–H groups in total. The highest BCUT2D eigenvalue weighted by molar-refractivity contribution is 9.10. The summed E-state index contributed by atoms with van der Waals surface area (Å²) >= 11 is 6.81. The van der Waals surface area contributed by atoms with Crippen molar-refractivity contribution in [3.8, 4) is 5.75 Å². The molecule has 0 heterocycles. The highest BCUT2D eigenvalue weighted by Gasteiger charge is 2.06. The molecular weight excluding hydrogens is 389 g/mol. The van der Waals surface area contributed by atoms with E-state index in [0.29, 0.717) is 5.56 Å². The molecule has 2 nitrogen and oxygen atoms in total. The summed E-state index contributed by atoms with van der Waals surface area (Å²) in [7, 11) is 1.89. The number of nitrogens with one attached hydrogen (secondary N) is 1. The minimum Gasteiger partial charge on any atom is -0.489 e. The van der Waals surface area contributed by atoms with Crippen LogP contribution in [0, 0.1) is 5.82 Å². The van der Waals surface area contributed by atoms with E-state index in [1.807, 2.05) is 25.2 Å². The normalized spacial score (nSPS) is 10.6. The first-order chi connectivity index (χ1) is 9.60. The predicted octanol–water partition coefficient (Wildman–Crippen LogP) is 4.65. The highest BCUT2D eigenvalue weighted by Crippen LogP contribution is 2.24. The average molecular weight is 403 g/mol. The van der Waals surface area contributed by atoms with Crippen LogP contribution in [-0.4, -0.2) is 7.05 Å². The second-order valence-electron chi connectivity index (χ2n) is 4.31. The van der Waals surface area contributed by atoms with Gasteiger partial charge in [0.1, 0.15) is 18.2 Å². The van der Waals surface area contributed by atoms with Crippen LogP contribution < -0.4 is 10.1 Å². The molecule has 0 aliphatic rings. The number of halogens is 3. The van der Waals surface area contributed by atoms with Crippen LogP contribution in [0.3, 0.4) is 0 Å². The van der Waals surface area contributed by atoms with Crippen LogP contribution in [0.1, 0.15) is 11.1 Å². The first-order valence-corrected chi connectivity index (χ1v) is 7.68. The molecule has 0 saturated carbocycles. The average Bonchev–Trinajstić information content (AvgIpc) is 2.43. The van der Waals surface area contributed by atoms with Crippen LogP contribution >= 0.6 is 31.9 Å². The largest absolute Gasteiger partial charge is 0.489 e. The lowest BCUT2D eigenvalue weighted by Crippen LogP contribution is -2.06. The van der Waals surface area contributed by atoms with Crippen LogP contribution in [0.2, 0.25) is 0 Å². The van der Waals surface area contributed by atoms with Crippen molar-refractivity contribution in [2.24, 2.45) is 0 Å². The Kier molecular flexibility index (Phi) is 5.57. The third-order valence-corrected chi connectivity index (χ3v) is 4.05. The van der Waals surface area contributed by atoms with Crippen molar-refractivity contribution in [3.05, 3.63) is 62.3 Å². The van der Waals surface area contributed by atoms with Gasteiger partial charge in [0.05, 0.1) is 0 Å². The van der Waals surface area contributed by atoms with E-state index in [-0.39, 0.29) is 12.4 Å². The lowest BCUT2D eigenvalue weighted by molar-refractivity contribution is 0.299. The van der Waals surface area contributed by atoms with E-state index in [0.717, 1.165) is 26.8 Å². The SMILES string of the molecule is CNCc1cc(OCc2cc(Br)ccc2F)ccc1Br. The Labute approximate surface area is 134 Å². The summed E-state index contributed by atoms with van der Waals surface area (Å²) in [5, 5.41) is 3.09. The van der Waals surface area contributed by atoms with Crippen LogP contribution in [0.25, 0.3) is 0 Å². The maximum absolute atomic E-state index is 13.6. The molecular formula is C15H14Br2FNO. The summed E-state index contributed by atoms with van der Waals surface area (Å²) in [5.74, 6) is 0.457. The smallest absolute Gasteiger partial charge is 0.129 e. The van der Waals surface area contributed by atoms with Crippen molar-refractivity contribution >= 4 is 31.9 Å². The molecule has 0 radical (unpaired) electrons. The zero-order valence-electron chi connectivity index (χ0n) is 10.9. The predicted molar refractivity (Wildman–Crippen MR) is 85.3 cm³/mol. The number of hydrogen-bond donors (Lipinski definition) is 1. The highest BCUT2D eigenvalue weighted by atomic mass is 79.9. The Morgan fingerprint density at radius 1 is 1.10 bits per heavy atom. The second-order valence-corrected chi connectivity index (χ2v) is 6.08. The minimum absolute atomic E-state index is 0.200. The van der Waals surface area contributed by atoms with E-state index in [1.54, 1.807) is 12.1 Å². The van der Waals surface area contributed by atoms with E-state index in [9.17, 15) is 4.39 Å². The summed E-state index contributed by atoms with van der Waals surface area (Å²) in [6.07, 6.45) is 0. The number of hydrogen-bond acceptors (Lipinski definition) is 2. The Balaban J connectivity index is 2.10. The van der Waals surface area contributed by atoms with Crippen LogP contribution in [0.4, 0.5) is 4.39 Å². The molecule has 106 valence electrons. The lowest BCUT2D eigenvalue weighted by Gasteiger charge is -2.10. The molecule has 0 fully saturated rings. The lowest BCUT2D eigenvalue weighted by atomic mass is 10.2. The molecule has 0 atom stereocenters. The summed E-state index contributed by atoms with van der Waals surface area (Å²) < 4.78 is 21.1. The molecule has 2 aromatic rings. The van der Waals surface area contributed by atoms with Gasteiger partial charge < -0.3 is 10.1 Å². The summed E-state index contributed by atoms with van der Waals surface area (Å²) in [4.78, 5) is 0. The Morgan fingerprint density at radius 2 is 1.90 bits per heavy atom. The van der Waals surface area contributed by atoms with Crippen molar-refractivity contribution in [1.29, 1.82) is 0 Å². The molecule has 0 aliphatic carbocycles. The standard InChI is InChI=1S/C15H14Br2FNO/c1-19-8-10-7-13(3-4-14(10)17)20-9-11-6-12(16)2-5-15(11)18/h2-7,19H,8-9H2,1H3. The van der Waals surface area contributed by atoms with Crippen LogP contribution in [0.5, 0.6) is 5.75 Å². The van der Waals surface area contributed by atoms with Gasteiger partial charge in [-0.2, -0.15) is 0 Å². The fraction of sp³-hybridized carbons (Fsp3) is 0.200. The molecule has 0 spiro atoms. The number of benzene rings is 2. The maximum atomic E-state index is 13.6. The van der Waals surface area contributed by atoms with Crippen molar-refractivity contribution < 1.29 is 9.13 Å². The summed E-state index contributed by atoms with van der Waals surface area (Å²) in [6.45, 7) is 0.939. The van der Waals surface area contributed by atoms with E-state index < -0.39 is 0 Å². The molecule has 2 aromatic carbocycles. The van der Waals surface area contributed by atoms with Crippen molar-refractivity contribution in [2.45, 2.75) is 13.2 Å². The molecule has 0 bridgehead atoms. The monoisotopic (exact) mass is 401 g/mol. The molecule has 0 unspecified atom stereocenters. The fourth-order valence-corrected chi connectivity index (χ4v) is 2.58. The van der Waals surface area contributed by atoms with Gasteiger partial charge in [-0.1, -0.05) is 31.9 Å². The van der Waals surface area contributed by atoms with E-state index in [4.69, 9.17) is 4.74 Å². The number of ether oxygens (including phenoxy) is 1. The van der Waals surface area contributed by atoms with Gasteiger partial charge in [0.15, 0.2) is 0 Å². The quantitative estimate of drug-likeness (QED) is 0.785. The molecule has 20 heavy (non-hydrogen) atoms. The molecule has 0 saturated heterocycles. The third-order valence-electron chi connectivity index (χ3n) is 2.79. The zero-order chi connectivity index (χ0) is 14.5. The van der Waals surface area contributed by atoms with Crippen molar-refractivity contribution in [2.75, 3.05) is 7.05 Å². The Morgan fingerprint density at radius 3 is 2.65 bits per heavy atom. The summed E-state index contributed by atoms with van der Waals surface area (Å²) in [6, 6.07) is 10.6. The van der Waals surface area contributed by atoms with Crippen molar-refractivity contribution in [3.63, 3.8) is 0 Å². The van der Waals surface area contributed by atoms with Gasteiger partial charge in [0.2, 0.25) is 0 Å². The fourth-order valence-electron chi connectivity index (χ4n) is 1.78. The van der Waals surface area contributed by atoms with Crippen molar-refractivity contribution in [1.82, 2.24) is 5.32 Å². The van der Waals surface area contributed by atoms with E-state index in [2.05, 4.69) is 37.2 Å². The molecule has 5 heteroatoms. The van der Waals surface area contributed by atoms with Gasteiger partial charge in [-0.3, -0.25) is 0 Å². The van der Waals surface area contributed by atoms with Gasteiger partial charge in [-0.15, -0.1) is 0 Å². The topological polar surface area (TPSA) is 21.3 Å². The summed E-state index contributed by atoms with van der Waals surface area (Å²) in [5.41, 5.74) is 1.62. The maximum Gasteiger partial charge on any atom is 0.129 e. The zero-order valence-corrected chi connectivity index (χ0v) is 14.1. The van der Waals surface area contributed by atoms with Gasteiger partial charge in [0, 0.05) is 21.1 Å². The Bertz CT molecular complexity index is 604. The molecule has 2 rings (SSSR count). The first-order valence-electron chi connectivity index (χ1n) is 6.10. The first kappa shape index (κ1) is 15.5. The van der Waals surface area contributed by atoms with Gasteiger partial charge in [-0.05, 0) is 49.0 Å². The van der Waals surface area contributed by atoms with Gasteiger partial charge >= 0.3 is 0 Å². The third kappa shape index (κ3) is 4.04. The Hall–Kier alpha value is -0.910. The second kappa shape index (κ2) is 7.20. The van der Waals surface area contributed by atoms with Crippen LogP contribution in [0.15, 0.2) is 45.3 Å². The molecule has 0 amide bonds. The molecule has 0 aliphatic heterocycles. The molecule has 0 aromatic heterocycles. The van der Waals surface area contributed by atoms with E-state index in [1.165, 1.54) is 6.07 Å². The van der Waals surface area contributed by atoms with Crippen LogP contribution in [-0.2, 0) is 13.2 Å². The van der Waals surface area contributed by atoms with E-state index >= 15 is 0 Å². The van der Waals surface area contributed by atoms with Gasteiger partial charge in [-0.25, -0.2) is 4.39 Å². The minimum atomic E-state index is -0.263. The number of rotatable bonds is 5.